The zero-order valence-electron chi connectivity index (χ0n) is 15.7. The van der Waals surface area contributed by atoms with E-state index in [1.54, 1.807) is 11.0 Å². The zero-order chi connectivity index (χ0) is 19.8. The zero-order valence-corrected chi connectivity index (χ0v) is 17.3. The van der Waals surface area contributed by atoms with Gasteiger partial charge < -0.3 is 10.0 Å². The molecule has 1 atom stereocenters. The smallest absolute Gasteiger partial charge is 0.295 e. The number of aliphatic hydroxyl groups is 1. The fraction of sp³-hybridized carbons (Fsp3) is 0.304. The average molecular weight is 440 g/mol. The van der Waals surface area contributed by atoms with E-state index in [4.69, 9.17) is 0 Å². The van der Waals surface area contributed by atoms with E-state index in [0.29, 0.717) is 5.56 Å². The van der Waals surface area contributed by atoms with Gasteiger partial charge >= 0.3 is 0 Å². The summed E-state index contributed by atoms with van der Waals surface area (Å²) in [4.78, 5) is 27.7. The van der Waals surface area contributed by atoms with Crippen LogP contribution < -0.4 is 0 Å². The second kappa shape index (κ2) is 7.55. The molecule has 5 heteroatoms. The molecule has 1 amide bonds. The molecule has 1 aliphatic carbocycles. The van der Waals surface area contributed by atoms with Crippen molar-refractivity contribution in [3.05, 3.63) is 75.3 Å². The second-order valence-corrected chi connectivity index (χ2v) is 8.37. The first-order chi connectivity index (χ1) is 13.5. The monoisotopic (exact) mass is 439 g/mol. The first-order valence-corrected chi connectivity index (χ1v) is 10.4. The van der Waals surface area contributed by atoms with E-state index in [1.807, 2.05) is 49.4 Å². The van der Waals surface area contributed by atoms with Crippen LogP contribution in [0.4, 0.5) is 0 Å². The minimum Gasteiger partial charge on any atom is -0.507 e. The summed E-state index contributed by atoms with van der Waals surface area (Å²) in [5.74, 6) is -1.21. The Kier molecular flexibility index (Phi) is 5.11. The number of nitrogens with zero attached hydrogens (tertiary/aromatic N) is 1. The largest absolute Gasteiger partial charge is 0.507 e. The van der Waals surface area contributed by atoms with Gasteiger partial charge in [-0.05, 0) is 43.0 Å². The average Bonchev–Trinajstić information content (AvgIpc) is 3.31. The van der Waals surface area contributed by atoms with Gasteiger partial charge in [0.05, 0.1) is 11.6 Å². The van der Waals surface area contributed by atoms with Crippen molar-refractivity contribution in [3.63, 3.8) is 0 Å². The standard InChI is InChI=1S/C23H22BrNO3/c1-14-13-16(11-12-18(14)24)21(26)19-20(15-7-3-2-4-8-15)25(23(28)22(19)27)17-9-5-6-10-17/h2-4,7-8,11-13,17,20,26H,5-6,9-10H2,1H3/b21-19-. The van der Waals surface area contributed by atoms with Gasteiger partial charge in [0.25, 0.3) is 11.7 Å². The van der Waals surface area contributed by atoms with Crippen LogP contribution in [0.3, 0.4) is 0 Å². The van der Waals surface area contributed by atoms with Crippen molar-refractivity contribution >= 4 is 33.4 Å². The summed E-state index contributed by atoms with van der Waals surface area (Å²) in [6.07, 6.45) is 3.91. The molecule has 1 saturated carbocycles. The molecular weight excluding hydrogens is 418 g/mol. The maximum absolute atomic E-state index is 13.0. The molecule has 4 nitrogen and oxygen atoms in total. The van der Waals surface area contributed by atoms with Crippen molar-refractivity contribution in [3.8, 4) is 0 Å². The molecule has 0 aromatic heterocycles. The van der Waals surface area contributed by atoms with Gasteiger partial charge in [-0.25, -0.2) is 0 Å². The minimum atomic E-state index is -0.598. The van der Waals surface area contributed by atoms with Crippen molar-refractivity contribution in [2.24, 2.45) is 0 Å². The van der Waals surface area contributed by atoms with Crippen molar-refractivity contribution in [2.45, 2.75) is 44.7 Å². The molecule has 1 aliphatic heterocycles. The number of amides is 1. The fourth-order valence-electron chi connectivity index (χ4n) is 4.32. The number of carbonyl (C=O) groups excluding carboxylic acids is 2. The highest BCUT2D eigenvalue weighted by Gasteiger charge is 2.49. The Balaban J connectivity index is 1.89. The molecule has 0 bridgehead atoms. The Labute approximate surface area is 173 Å². The molecule has 2 aromatic carbocycles. The maximum atomic E-state index is 13.0. The summed E-state index contributed by atoms with van der Waals surface area (Å²) in [6, 6.07) is 14.4. The number of hydrogen-bond donors (Lipinski definition) is 1. The van der Waals surface area contributed by atoms with Crippen molar-refractivity contribution in [2.75, 3.05) is 0 Å². The molecular formula is C23H22BrNO3. The lowest BCUT2D eigenvalue weighted by Gasteiger charge is -2.30. The second-order valence-electron chi connectivity index (χ2n) is 7.52. The van der Waals surface area contributed by atoms with Gasteiger partial charge in [0.15, 0.2) is 0 Å². The Morgan fingerprint density at radius 1 is 1.07 bits per heavy atom. The van der Waals surface area contributed by atoms with Crippen LogP contribution in [0.5, 0.6) is 0 Å². The first-order valence-electron chi connectivity index (χ1n) is 9.60. The van der Waals surface area contributed by atoms with E-state index in [2.05, 4.69) is 15.9 Å². The van der Waals surface area contributed by atoms with Crippen molar-refractivity contribution in [1.82, 2.24) is 4.90 Å². The number of likely N-dealkylation sites (tertiary alicyclic amines) is 1. The maximum Gasteiger partial charge on any atom is 0.295 e. The number of carbonyl (C=O) groups is 2. The Bertz CT molecular complexity index is 961. The first kappa shape index (κ1) is 18.9. The highest BCUT2D eigenvalue weighted by molar-refractivity contribution is 9.10. The molecule has 0 spiro atoms. The summed E-state index contributed by atoms with van der Waals surface area (Å²) in [5, 5.41) is 11.1. The summed E-state index contributed by atoms with van der Waals surface area (Å²) in [6.45, 7) is 1.92. The lowest BCUT2D eigenvalue weighted by atomic mass is 9.94. The molecule has 144 valence electrons. The predicted octanol–water partition coefficient (Wildman–Crippen LogP) is 5.12. The third-order valence-electron chi connectivity index (χ3n) is 5.74. The van der Waals surface area contributed by atoms with E-state index in [-0.39, 0.29) is 17.4 Å². The number of rotatable bonds is 3. The summed E-state index contributed by atoms with van der Waals surface area (Å²) in [7, 11) is 0. The van der Waals surface area contributed by atoms with Crippen LogP contribution in [0.2, 0.25) is 0 Å². The predicted molar refractivity (Wildman–Crippen MR) is 112 cm³/mol. The summed E-state index contributed by atoms with van der Waals surface area (Å²) in [5.41, 5.74) is 2.53. The topological polar surface area (TPSA) is 57.6 Å². The molecule has 2 fully saturated rings. The van der Waals surface area contributed by atoms with E-state index < -0.39 is 17.7 Å². The van der Waals surface area contributed by atoms with Crippen LogP contribution in [0.1, 0.15) is 48.4 Å². The van der Waals surface area contributed by atoms with Gasteiger partial charge in [0, 0.05) is 16.1 Å². The normalized spacial score (nSPS) is 22.2. The molecule has 2 aliphatic rings. The Hall–Kier alpha value is -2.40. The van der Waals surface area contributed by atoms with Gasteiger partial charge in [0.2, 0.25) is 0 Å². The molecule has 1 unspecified atom stereocenters. The van der Waals surface area contributed by atoms with Gasteiger partial charge in [-0.2, -0.15) is 0 Å². The fourth-order valence-corrected chi connectivity index (χ4v) is 4.57. The van der Waals surface area contributed by atoms with Crippen LogP contribution in [0, 0.1) is 6.92 Å². The minimum absolute atomic E-state index is 0.0404. The Morgan fingerprint density at radius 2 is 1.75 bits per heavy atom. The lowest BCUT2D eigenvalue weighted by Crippen LogP contribution is -2.37. The Morgan fingerprint density at radius 3 is 2.39 bits per heavy atom. The van der Waals surface area contributed by atoms with Crippen LogP contribution in [0.15, 0.2) is 58.6 Å². The number of aryl methyl sites for hydroxylation is 1. The number of ketones is 1. The van der Waals surface area contributed by atoms with Crippen molar-refractivity contribution in [1.29, 1.82) is 0 Å². The molecule has 1 heterocycles. The molecule has 4 rings (SSSR count). The molecule has 1 N–H and O–H groups in total. The van der Waals surface area contributed by atoms with Gasteiger partial charge in [-0.1, -0.05) is 65.2 Å². The summed E-state index contributed by atoms with van der Waals surface area (Å²) >= 11 is 3.46. The van der Waals surface area contributed by atoms with E-state index in [9.17, 15) is 14.7 Å². The van der Waals surface area contributed by atoms with Gasteiger partial charge in [-0.3, -0.25) is 9.59 Å². The van der Waals surface area contributed by atoms with Gasteiger partial charge in [-0.15, -0.1) is 0 Å². The van der Waals surface area contributed by atoms with E-state index in [0.717, 1.165) is 41.3 Å². The number of benzene rings is 2. The molecule has 2 aromatic rings. The van der Waals surface area contributed by atoms with Crippen LogP contribution in [-0.2, 0) is 9.59 Å². The lowest BCUT2D eigenvalue weighted by molar-refractivity contribution is -0.141. The highest BCUT2D eigenvalue weighted by atomic mass is 79.9. The van der Waals surface area contributed by atoms with Gasteiger partial charge in [0.1, 0.15) is 5.76 Å². The number of Topliss-reactive ketones (excluding diaryl/α,β-unsaturated/α-hetero) is 1. The number of aliphatic hydroxyl groups excluding tert-OH is 1. The van der Waals surface area contributed by atoms with E-state index in [1.165, 1.54) is 0 Å². The van der Waals surface area contributed by atoms with Crippen molar-refractivity contribution < 1.29 is 14.7 Å². The van der Waals surface area contributed by atoms with Crippen LogP contribution in [-0.4, -0.2) is 27.7 Å². The third-order valence-corrected chi connectivity index (χ3v) is 6.63. The molecule has 0 radical (unpaired) electrons. The van der Waals surface area contributed by atoms with Crippen LogP contribution >= 0.6 is 15.9 Å². The third kappa shape index (κ3) is 3.18. The quantitative estimate of drug-likeness (QED) is 0.410. The molecule has 1 saturated heterocycles. The molecule has 28 heavy (non-hydrogen) atoms. The SMILES string of the molecule is Cc1cc(/C(O)=C2/C(=O)C(=O)N(C3CCCC3)C2c2ccccc2)ccc1Br. The summed E-state index contributed by atoms with van der Waals surface area (Å²) < 4.78 is 0.926. The number of halogens is 1. The highest BCUT2D eigenvalue weighted by Crippen LogP contribution is 2.43. The van der Waals surface area contributed by atoms with E-state index >= 15 is 0 Å². The van der Waals surface area contributed by atoms with Crippen LogP contribution in [0.25, 0.3) is 5.76 Å². The number of hydrogen-bond acceptors (Lipinski definition) is 3.